The van der Waals surface area contributed by atoms with Gasteiger partial charge in [-0.2, -0.15) is 4.31 Å². The molecule has 2 fully saturated rings. The van der Waals surface area contributed by atoms with Gasteiger partial charge in [0, 0.05) is 67.5 Å². The van der Waals surface area contributed by atoms with Crippen molar-refractivity contribution in [2.24, 2.45) is 11.8 Å². The number of fused-ring (bicyclic) bond motifs is 1. The molecule has 60 heavy (non-hydrogen) atoms. The lowest BCUT2D eigenvalue weighted by Crippen LogP contribution is -2.39. The molecule has 0 bridgehead atoms. The summed E-state index contributed by atoms with van der Waals surface area (Å²) in [5, 5.41) is 38.0. The molecule has 12 heteroatoms. The van der Waals surface area contributed by atoms with Crippen LogP contribution in [-0.4, -0.2) is 94.5 Å². The average Bonchev–Trinajstić information content (AvgIpc) is 3.79. The number of aliphatic hydroxyl groups is 3. The summed E-state index contributed by atoms with van der Waals surface area (Å²) in [5.41, 5.74) is 5.71. The number of aryl methyl sites for hydroxylation is 2. The molecule has 1 saturated heterocycles. The molecule has 1 aromatic heterocycles. The zero-order chi connectivity index (χ0) is 42.4. The second kappa shape index (κ2) is 22.7. The molecule has 1 saturated carbocycles. The molecule has 0 radical (unpaired) electrons. The van der Waals surface area contributed by atoms with E-state index in [4.69, 9.17) is 4.74 Å². The number of rotatable bonds is 22. The number of carbonyl (C=O) groups is 1. The van der Waals surface area contributed by atoms with E-state index in [-0.39, 0.29) is 24.8 Å². The first-order valence-corrected chi connectivity index (χ1v) is 22.8. The van der Waals surface area contributed by atoms with E-state index in [1.807, 2.05) is 49.7 Å². The summed E-state index contributed by atoms with van der Waals surface area (Å²) >= 11 is -2.33. The molecule has 2 aliphatic rings. The van der Waals surface area contributed by atoms with Gasteiger partial charge >= 0.3 is 5.97 Å². The first-order chi connectivity index (χ1) is 29.0. The first kappa shape index (κ1) is 45.5. The maximum Gasteiger partial charge on any atom is 0.307 e. The molecule has 0 spiro atoms. The van der Waals surface area contributed by atoms with E-state index in [1.54, 1.807) is 6.92 Å². The summed E-state index contributed by atoms with van der Waals surface area (Å²) in [6.45, 7) is 6.66. The molecule has 2 unspecified atom stereocenters. The lowest BCUT2D eigenvalue weighted by Gasteiger charge is -2.25. The number of nitrogens with one attached hydrogen (secondary N) is 1. The SMILES string of the molecule is Cc1ccc(CN2CC[C@@H](Nc3cccc4cnccc34)C2)cc1CCN(C(C)OC(=O)CCCC=CC[C@@H]1[C@@H](CC[C@@H](O)CCc2ccccc2)[C@H](O)C[C@H]1O)S(=O)O. The minimum Gasteiger partial charge on any atom is -0.446 e. The summed E-state index contributed by atoms with van der Waals surface area (Å²) in [7, 11) is 0. The molecule has 4 aromatic rings. The lowest BCUT2D eigenvalue weighted by molar-refractivity contribution is -0.153. The Morgan fingerprint density at radius 2 is 1.83 bits per heavy atom. The van der Waals surface area contributed by atoms with Crippen molar-refractivity contribution in [3.8, 4) is 0 Å². The average molecular weight is 841 g/mol. The van der Waals surface area contributed by atoms with Crippen LogP contribution in [0.3, 0.4) is 0 Å². The highest BCUT2D eigenvalue weighted by Crippen LogP contribution is 2.38. The van der Waals surface area contributed by atoms with Gasteiger partial charge < -0.3 is 25.4 Å². The number of carbonyl (C=O) groups excluding carboxylic acids is 1. The third-order valence-electron chi connectivity index (χ3n) is 12.4. The highest BCUT2D eigenvalue weighted by Gasteiger charge is 2.40. The second-order valence-electron chi connectivity index (χ2n) is 16.8. The monoisotopic (exact) mass is 840 g/mol. The molecule has 1 aliphatic carbocycles. The van der Waals surface area contributed by atoms with Gasteiger partial charge in [0.1, 0.15) is 0 Å². The molecule has 324 valence electrons. The fourth-order valence-electron chi connectivity index (χ4n) is 8.99. The Morgan fingerprint density at radius 3 is 2.65 bits per heavy atom. The number of nitrogens with zero attached hydrogens (tertiary/aromatic N) is 3. The molecule has 5 N–H and O–H groups in total. The van der Waals surface area contributed by atoms with Crippen LogP contribution in [0.25, 0.3) is 10.8 Å². The number of aromatic nitrogens is 1. The fourth-order valence-corrected chi connectivity index (χ4v) is 9.53. The minimum atomic E-state index is -2.33. The third kappa shape index (κ3) is 13.2. The summed E-state index contributed by atoms with van der Waals surface area (Å²) in [6.07, 6.45) is 11.8. The van der Waals surface area contributed by atoms with Gasteiger partial charge in [-0.15, -0.1) is 0 Å². The first-order valence-electron chi connectivity index (χ1n) is 21.7. The van der Waals surface area contributed by atoms with E-state index in [9.17, 15) is 28.9 Å². The molecule has 1 aliphatic heterocycles. The van der Waals surface area contributed by atoms with Gasteiger partial charge in [0.05, 0.1) is 18.3 Å². The van der Waals surface area contributed by atoms with Gasteiger partial charge in [0.2, 0.25) is 11.3 Å². The molecule has 8 atom stereocenters. The van der Waals surface area contributed by atoms with Crippen LogP contribution in [0.5, 0.6) is 0 Å². The molecule has 0 amide bonds. The van der Waals surface area contributed by atoms with E-state index in [1.165, 1.54) is 20.8 Å². The minimum absolute atomic E-state index is 0.0769. The van der Waals surface area contributed by atoms with Crippen molar-refractivity contribution in [3.05, 3.63) is 120 Å². The standard InChI is InChI=1S/C48H64N4O7S/c1-34-17-18-37(32-51-27-25-40(33-51)50-45-15-10-13-39-31-49-26-23-42(39)45)29-38(34)24-28-52(60(57)58)35(2)59-48(56)16-9-4-3-8-14-43-44(47(55)30-46(43)54)22-21-41(53)20-19-36-11-6-5-7-12-36/h3,5-8,10-13,15,17-18,23,26,29,31,35,40-41,43-44,46-47,50,53-55H,4,9,14,16,19-22,24-25,27-28,30,32-33H2,1-2H3,(H,57,58)/t35?,40-,41+,43-,44-,46-,47-/m1/s1. The predicted molar refractivity (Wildman–Crippen MR) is 238 cm³/mol. The Balaban J connectivity index is 0.894. The third-order valence-corrected chi connectivity index (χ3v) is 13.3. The number of esters is 1. The summed E-state index contributed by atoms with van der Waals surface area (Å²) in [5.74, 6) is -0.590. The lowest BCUT2D eigenvalue weighted by atomic mass is 9.85. The van der Waals surface area contributed by atoms with Crippen LogP contribution in [0.15, 0.2) is 97.3 Å². The van der Waals surface area contributed by atoms with E-state index in [0.717, 1.165) is 54.7 Å². The Labute approximate surface area is 358 Å². The van der Waals surface area contributed by atoms with Crippen molar-refractivity contribution in [1.82, 2.24) is 14.2 Å². The molecule has 2 heterocycles. The number of pyridine rings is 1. The Bertz CT molecular complexity index is 2010. The molecule has 6 rings (SSSR count). The number of allylic oxidation sites excluding steroid dienone is 2. The van der Waals surface area contributed by atoms with Crippen LogP contribution < -0.4 is 5.32 Å². The Hall–Kier alpha value is -4.01. The van der Waals surface area contributed by atoms with Crippen molar-refractivity contribution in [2.45, 2.75) is 122 Å². The second-order valence-corrected chi connectivity index (χ2v) is 17.7. The largest absolute Gasteiger partial charge is 0.446 e. The van der Waals surface area contributed by atoms with Gasteiger partial charge in [-0.05, 0) is 124 Å². The van der Waals surface area contributed by atoms with Gasteiger partial charge in [-0.1, -0.05) is 72.8 Å². The van der Waals surface area contributed by atoms with Gasteiger partial charge in [-0.3, -0.25) is 19.2 Å². The van der Waals surface area contributed by atoms with Crippen molar-refractivity contribution in [1.29, 1.82) is 0 Å². The number of benzene rings is 3. The smallest absolute Gasteiger partial charge is 0.307 e. The maximum absolute atomic E-state index is 12.8. The van der Waals surface area contributed by atoms with Crippen LogP contribution in [0.2, 0.25) is 0 Å². The van der Waals surface area contributed by atoms with Crippen LogP contribution in [0.1, 0.15) is 87.0 Å². The van der Waals surface area contributed by atoms with Crippen LogP contribution in [0, 0.1) is 18.8 Å². The van der Waals surface area contributed by atoms with E-state index in [0.29, 0.717) is 57.4 Å². The highest BCUT2D eigenvalue weighted by molar-refractivity contribution is 7.76. The highest BCUT2D eigenvalue weighted by atomic mass is 32.2. The van der Waals surface area contributed by atoms with Crippen LogP contribution in [0.4, 0.5) is 5.69 Å². The van der Waals surface area contributed by atoms with E-state index >= 15 is 0 Å². The number of likely N-dealkylation sites (tertiary alicyclic amines) is 1. The van der Waals surface area contributed by atoms with Crippen LogP contribution in [-0.2, 0) is 40.2 Å². The molecular formula is C48H64N4O7S. The zero-order valence-electron chi connectivity index (χ0n) is 35.1. The van der Waals surface area contributed by atoms with Crippen molar-refractivity contribution >= 4 is 33.7 Å². The maximum atomic E-state index is 12.8. The number of ether oxygens (including phenoxy) is 1. The van der Waals surface area contributed by atoms with Crippen molar-refractivity contribution in [2.75, 3.05) is 25.0 Å². The topological polar surface area (TPSA) is 156 Å². The number of aliphatic hydroxyl groups excluding tert-OH is 3. The predicted octanol–water partition coefficient (Wildman–Crippen LogP) is 7.35. The van der Waals surface area contributed by atoms with Crippen LogP contribution >= 0.6 is 0 Å². The van der Waals surface area contributed by atoms with Crippen molar-refractivity contribution in [3.63, 3.8) is 0 Å². The van der Waals surface area contributed by atoms with Crippen molar-refractivity contribution < 1.29 is 33.6 Å². The fraction of sp³-hybridized carbons (Fsp3) is 0.500. The molecular weight excluding hydrogens is 777 g/mol. The zero-order valence-corrected chi connectivity index (χ0v) is 36.0. The van der Waals surface area contributed by atoms with E-state index < -0.39 is 41.8 Å². The number of hydrogen-bond acceptors (Lipinski definition) is 9. The molecule has 3 aromatic carbocycles. The van der Waals surface area contributed by atoms with Gasteiger partial charge in [0.15, 0.2) is 6.23 Å². The summed E-state index contributed by atoms with van der Waals surface area (Å²) in [6, 6.07) is 25.2. The summed E-state index contributed by atoms with van der Waals surface area (Å²) < 4.78 is 29.5. The number of hydrogen-bond donors (Lipinski definition) is 5. The van der Waals surface area contributed by atoms with Gasteiger partial charge in [-0.25, -0.2) is 4.21 Å². The molecule has 11 nitrogen and oxygen atoms in total. The van der Waals surface area contributed by atoms with Gasteiger partial charge in [0.25, 0.3) is 0 Å². The number of anilines is 1. The van der Waals surface area contributed by atoms with E-state index in [2.05, 4.69) is 69.8 Å². The Kier molecular flexibility index (Phi) is 17.2. The Morgan fingerprint density at radius 1 is 1.02 bits per heavy atom. The quantitative estimate of drug-likeness (QED) is 0.0178. The normalized spacial score (nSPS) is 22.4. The summed E-state index contributed by atoms with van der Waals surface area (Å²) in [4.78, 5) is 19.5. The number of unbranched alkanes of at least 4 members (excludes halogenated alkanes) is 1.